The highest BCUT2D eigenvalue weighted by molar-refractivity contribution is 7.87. The Morgan fingerprint density at radius 3 is 2.71 bits per heavy atom. The maximum absolute atomic E-state index is 11.4. The van der Waals surface area contributed by atoms with E-state index in [-0.39, 0.29) is 0 Å². The van der Waals surface area contributed by atoms with Crippen LogP contribution in [-0.2, 0) is 19.7 Å². The molecule has 14 heavy (non-hydrogen) atoms. The zero-order valence-corrected chi connectivity index (χ0v) is 9.00. The van der Waals surface area contributed by atoms with Crippen LogP contribution in [0, 0.1) is 0 Å². The third-order valence-electron chi connectivity index (χ3n) is 2.24. The Hall–Kier alpha value is -0.660. The molecule has 7 heteroatoms. The van der Waals surface area contributed by atoms with Crippen molar-refractivity contribution in [3.05, 3.63) is 0 Å². The largest absolute Gasteiger partial charge is 0.468 e. The van der Waals surface area contributed by atoms with E-state index in [1.807, 2.05) is 0 Å². The lowest BCUT2D eigenvalue weighted by Crippen LogP contribution is -2.45. The molecule has 0 aromatic rings. The van der Waals surface area contributed by atoms with Crippen molar-refractivity contribution < 1.29 is 17.9 Å². The molecule has 1 atom stereocenters. The fourth-order valence-corrected chi connectivity index (χ4v) is 2.65. The quantitative estimate of drug-likeness (QED) is 0.627. The van der Waals surface area contributed by atoms with Gasteiger partial charge in [-0.15, -0.1) is 0 Å². The average Bonchev–Trinajstić information content (AvgIpc) is 2.65. The van der Waals surface area contributed by atoms with Gasteiger partial charge in [-0.2, -0.15) is 12.7 Å². The van der Waals surface area contributed by atoms with Gasteiger partial charge in [-0.25, -0.2) is 4.72 Å². The SMILES string of the molecule is CNS(=O)(=O)N1CCCC1C(=O)OC. The van der Waals surface area contributed by atoms with E-state index in [9.17, 15) is 13.2 Å². The fraction of sp³-hybridized carbons (Fsp3) is 0.857. The molecule has 0 amide bonds. The lowest BCUT2D eigenvalue weighted by atomic mass is 10.2. The van der Waals surface area contributed by atoms with Crippen molar-refractivity contribution in [3.63, 3.8) is 0 Å². The van der Waals surface area contributed by atoms with Gasteiger partial charge < -0.3 is 4.74 Å². The Kier molecular flexibility index (Phi) is 3.46. The van der Waals surface area contributed by atoms with Gasteiger partial charge in [0.15, 0.2) is 0 Å². The lowest BCUT2D eigenvalue weighted by Gasteiger charge is -2.20. The van der Waals surface area contributed by atoms with Gasteiger partial charge >= 0.3 is 5.97 Å². The zero-order valence-electron chi connectivity index (χ0n) is 8.19. The molecule has 1 unspecified atom stereocenters. The Labute approximate surface area is 83.4 Å². The summed E-state index contributed by atoms with van der Waals surface area (Å²) < 4.78 is 30.7. The van der Waals surface area contributed by atoms with Gasteiger partial charge in [0.1, 0.15) is 6.04 Å². The van der Waals surface area contributed by atoms with E-state index in [1.165, 1.54) is 14.2 Å². The van der Waals surface area contributed by atoms with Crippen molar-refractivity contribution in [3.8, 4) is 0 Å². The minimum atomic E-state index is -3.52. The summed E-state index contributed by atoms with van der Waals surface area (Å²) in [6.45, 7) is 0.364. The van der Waals surface area contributed by atoms with Crippen molar-refractivity contribution in [1.29, 1.82) is 0 Å². The molecule has 1 aliphatic heterocycles. The normalized spacial score (nSPS) is 23.7. The minimum absolute atomic E-state index is 0.364. The van der Waals surface area contributed by atoms with Crippen LogP contribution in [-0.4, -0.2) is 45.4 Å². The highest BCUT2D eigenvalue weighted by atomic mass is 32.2. The van der Waals surface area contributed by atoms with E-state index >= 15 is 0 Å². The topological polar surface area (TPSA) is 75.7 Å². The lowest BCUT2D eigenvalue weighted by molar-refractivity contribution is -0.144. The summed E-state index contributed by atoms with van der Waals surface area (Å²) in [5, 5.41) is 0. The van der Waals surface area contributed by atoms with Gasteiger partial charge in [-0.3, -0.25) is 4.79 Å². The Bertz CT molecular complexity index is 314. The minimum Gasteiger partial charge on any atom is -0.468 e. The summed E-state index contributed by atoms with van der Waals surface area (Å²) in [6.07, 6.45) is 1.20. The molecule has 0 aliphatic carbocycles. The highest BCUT2D eigenvalue weighted by Gasteiger charge is 2.38. The van der Waals surface area contributed by atoms with Crippen molar-refractivity contribution in [1.82, 2.24) is 9.03 Å². The summed E-state index contributed by atoms with van der Waals surface area (Å²) in [7, 11) is -0.943. The fourth-order valence-electron chi connectivity index (χ4n) is 1.52. The third-order valence-corrected chi connectivity index (χ3v) is 3.81. The van der Waals surface area contributed by atoms with E-state index in [0.717, 1.165) is 4.31 Å². The molecule has 0 bridgehead atoms. The Morgan fingerprint density at radius 1 is 1.57 bits per heavy atom. The highest BCUT2D eigenvalue weighted by Crippen LogP contribution is 2.20. The van der Waals surface area contributed by atoms with Crippen molar-refractivity contribution >= 4 is 16.2 Å². The van der Waals surface area contributed by atoms with Crippen LogP contribution in [0.15, 0.2) is 0 Å². The van der Waals surface area contributed by atoms with Gasteiger partial charge in [0.05, 0.1) is 7.11 Å². The molecule has 1 heterocycles. The van der Waals surface area contributed by atoms with Crippen LogP contribution in [0.3, 0.4) is 0 Å². The second-order valence-corrected chi connectivity index (χ2v) is 4.83. The van der Waals surface area contributed by atoms with Crippen LogP contribution in [0.5, 0.6) is 0 Å². The van der Waals surface area contributed by atoms with Crippen LogP contribution in [0.2, 0.25) is 0 Å². The van der Waals surface area contributed by atoms with E-state index in [0.29, 0.717) is 19.4 Å². The smallest absolute Gasteiger partial charge is 0.324 e. The summed E-state index contributed by atoms with van der Waals surface area (Å²) in [6, 6.07) is -0.669. The average molecular weight is 222 g/mol. The standard InChI is InChI=1S/C7H14N2O4S/c1-8-14(11,12)9-5-3-4-6(9)7(10)13-2/h6,8H,3-5H2,1-2H3. The second-order valence-electron chi connectivity index (χ2n) is 3.00. The van der Waals surface area contributed by atoms with Crippen molar-refractivity contribution in [2.24, 2.45) is 0 Å². The number of methoxy groups -OCH3 is 1. The summed E-state index contributed by atoms with van der Waals surface area (Å²) in [5.74, 6) is -0.499. The number of nitrogens with one attached hydrogen (secondary N) is 1. The first kappa shape index (κ1) is 11.4. The first-order chi connectivity index (χ1) is 6.53. The molecule has 1 N–H and O–H groups in total. The van der Waals surface area contributed by atoms with Crippen molar-refractivity contribution in [2.75, 3.05) is 20.7 Å². The number of esters is 1. The van der Waals surface area contributed by atoms with E-state index in [2.05, 4.69) is 9.46 Å². The molecule has 0 radical (unpaired) electrons. The van der Waals surface area contributed by atoms with E-state index in [4.69, 9.17) is 0 Å². The molecule has 0 spiro atoms. The predicted octanol–water partition coefficient (Wildman–Crippen LogP) is -0.912. The molecule has 1 aliphatic rings. The van der Waals surface area contributed by atoms with E-state index in [1.54, 1.807) is 0 Å². The molecule has 82 valence electrons. The summed E-state index contributed by atoms with van der Waals surface area (Å²) >= 11 is 0. The molecule has 1 fully saturated rings. The van der Waals surface area contributed by atoms with Crippen molar-refractivity contribution in [2.45, 2.75) is 18.9 Å². The number of nitrogens with zero attached hydrogens (tertiary/aromatic N) is 1. The van der Waals surface area contributed by atoms with Gasteiger partial charge in [-0.05, 0) is 12.8 Å². The first-order valence-electron chi connectivity index (χ1n) is 4.31. The monoisotopic (exact) mass is 222 g/mol. The number of hydrogen-bond donors (Lipinski definition) is 1. The molecule has 0 aromatic carbocycles. The van der Waals surface area contributed by atoms with Gasteiger partial charge in [-0.1, -0.05) is 0 Å². The Balaban J connectivity index is 2.84. The van der Waals surface area contributed by atoms with Crippen LogP contribution in [0.4, 0.5) is 0 Å². The second kappa shape index (κ2) is 4.24. The number of carbonyl (C=O) groups excluding carboxylic acids is 1. The molecule has 1 rings (SSSR count). The first-order valence-corrected chi connectivity index (χ1v) is 5.75. The summed E-state index contributed by atoms with van der Waals surface area (Å²) in [4.78, 5) is 11.2. The predicted molar refractivity (Wildman–Crippen MR) is 49.7 cm³/mol. The van der Waals surface area contributed by atoms with Crippen LogP contribution < -0.4 is 4.72 Å². The molecule has 6 nitrogen and oxygen atoms in total. The molecule has 0 aromatic heterocycles. The van der Waals surface area contributed by atoms with Gasteiger partial charge in [0.2, 0.25) is 0 Å². The maximum Gasteiger partial charge on any atom is 0.324 e. The molecular formula is C7H14N2O4S. The Morgan fingerprint density at radius 2 is 2.21 bits per heavy atom. The van der Waals surface area contributed by atoms with Crippen LogP contribution >= 0.6 is 0 Å². The van der Waals surface area contributed by atoms with E-state index < -0.39 is 22.2 Å². The van der Waals surface area contributed by atoms with Gasteiger partial charge in [0, 0.05) is 13.6 Å². The molecule has 1 saturated heterocycles. The number of ether oxygens (including phenoxy) is 1. The summed E-state index contributed by atoms with van der Waals surface area (Å²) in [5.41, 5.74) is 0. The van der Waals surface area contributed by atoms with Crippen LogP contribution in [0.1, 0.15) is 12.8 Å². The molecule has 0 saturated carbocycles. The third kappa shape index (κ3) is 2.05. The maximum atomic E-state index is 11.4. The number of hydrogen-bond acceptors (Lipinski definition) is 4. The zero-order chi connectivity index (χ0) is 10.8. The number of rotatable bonds is 3. The molecular weight excluding hydrogens is 208 g/mol. The van der Waals surface area contributed by atoms with Gasteiger partial charge in [0.25, 0.3) is 10.2 Å². The van der Waals surface area contributed by atoms with Crippen LogP contribution in [0.25, 0.3) is 0 Å². The number of carbonyl (C=O) groups is 1.